The van der Waals surface area contributed by atoms with E-state index in [0.717, 1.165) is 6.20 Å². The highest BCUT2D eigenvalue weighted by Gasteiger charge is 2.17. The van der Waals surface area contributed by atoms with Gasteiger partial charge in [-0.05, 0) is 11.5 Å². The topological polar surface area (TPSA) is 56.0 Å². The molecule has 0 N–H and O–H groups in total. The summed E-state index contributed by atoms with van der Waals surface area (Å²) < 4.78 is 0. The summed E-state index contributed by atoms with van der Waals surface area (Å²) in [5.74, 6) is 0.139. The first kappa shape index (κ1) is 9.92. The molecule has 0 atom stereocenters. The maximum atomic E-state index is 10.5. The van der Waals surface area contributed by atoms with Crippen LogP contribution in [0.5, 0.6) is 0 Å². The summed E-state index contributed by atoms with van der Waals surface area (Å²) >= 11 is 5.82. The van der Waals surface area contributed by atoms with E-state index in [1.165, 1.54) is 0 Å². The van der Waals surface area contributed by atoms with E-state index in [0.29, 0.717) is 5.56 Å². The standard InChI is InChI=1S/C8H9ClN2O2/c1-5(2)6-3-10-4-7(8(6)9)11(12)13/h3-5H,1-2H3. The zero-order valence-corrected chi connectivity index (χ0v) is 8.08. The number of halogens is 1. The van der Waals surface area contributed by atoms with Crippen molar-refractivity contribution in [1.82, 2.24) is 4.98 Å². The lowest BCUT2D eigenvalue weighted by atomic mass is 10.1. The van der Waals surface area contributed by atoms with E-state index in [4.69, 9.17) is 11.6 Å². The van der Waals surface area contributed by atoms with E-state index in [1.54, 1.807) is 6.20 Å². The molecule has 0 aliphatic rings. The Kier molecular flexibility index (Phi) is 2.83. The molecule has 13 heavy (non-hydrogen) atoms. The summed E-state index contributed by atoms with van der Waals surface area (Å²) in [6, 6.07) is 0. The Morgan fingerprint density at radius 3 is 2.62 bits per heavy atom. The lowest BCUT2D eigenvalue weighted by Gasteiger charge is -2.06. The van der Waals surface area contributed by atoms with E-state index < -0.39 is 4.92 Å². The lowest BCUT2D eigenvalue weighted by Crippen LogP contribution is -1.96. The van der Waals surface area contributed by atoms with Gasteiger partial charge in [0.05, 0.1) is 4.92 Å². The van der Waals surface area contributed by atoms with Crippen LogP contribution in [0.3, 0.4) is 0 Å². The van der Waals surface area contributed by atoms with E-state index in [2.05, 4.69) is 4.98 Å². The average Bonchev–Trinajstić information content (AvgIpc) is 2.03. The molecule has 5 heteroatoms. The van der Waals surface area contributed by atoms with E-state index >= 15 is 0 Å². The second-order valence-corrected chi connectivity index (χ2v) is 3.35. The van der Waals surface area contributed by atoms with Gasteiger partial charge in [-0.25, -0.2) is 0 Å². The van der Waals surface area contributed by atoms with Gasteiger partial charge in [0.1, 0.15) is 11.2 Å². The van der Waals surface area contributed by atoms with Crippen LogP contribution < -0.4 is 0 Å². The third-order valence-electron chi connectivity index (χ3n) is 1.71. The number of rotatable bonds is 2. The fraction of sp³-hybridized carbons (Fsp3) is 0.375. The second-order valence-electron chi connectivity index (χ2n) is 2.97. The van der Waals surface area contributed by atoms with Gasteiger partial charge in [-0.15, -0.1) is 0 Å². The van der Waals surface area contributed by atoms with Crippen molar-refractivity contribution in [3.63, 3.8) is 0 Å². The summed E-state index contributed by atoms with van der Waals surface area (Å²) in [4.78, 5) is 13.7. The summed E-state index contributed by atoms with van der Waals surface area (Å²) in [5.41, 5.74) is 0.573. The predicted molar refractivity (Wildman–Crippen MR) is 50.0 cm³/mol. The molecule has 1 aromatic rings. The Bertz CT molecular complexity index is 339. The molecule has 70 valence electrons. The van der Waals surface area contributed by atoms with Gasteiger partial charge in [0.25, 0.3) is 0 Å². The van der Waals surface area contributed by atoms with Gasteiger partial charge in [0.15, 0.2) is 0 Å². The first-order valence-electron chi connectivity index (χ1n) is 3.81. The van der Waals surface area contributed by atoms with Crippen molar-refractivity contribution in [2.45, 2.75) is 19.8 Å². The minimum atomic E-state index is -0.527. The largest absolute Gasteiger partial charge is 0.306 e. The van der Waals surface area contributed by atoms with Gasteiger partial charge in [0, 0.05) is 6.20 Å². The molecule has 0 spiro atoms. The highest BCUT2D eigenvalue weighted by molar-refractivity contribution is 6.33. The molecule has 1 rings (SSSR count). The summed E-state index contributed by atoms with van der Waals surface area (Å²) in [6.45, 7) is 3.82. The molecule has 0 aromatic carbocycles. The van der Waals surface area contributed by atoms with Crippen molar-refractivity contribution < 1.29 is 4.92 Å². The van der Waals surface area contributed by atoms with Crippen LogP contribution in [0.25, 0.3) is 0 Å². The first-order valence-corrected chi connectivity index (χ1v) is 4.19. The van der Waals surface area contributed by atoms with Gasteiger partial charge in [-0.3, -0.25) is 15.1 Å². The number of nitro groups is 1. The SMILES string of the molecule is CC(C)c1cncc([N+](=O)[O-])c1Cl. The zero-order valence-electron chi connectivity index (χ0n) is 7.32. The van der Waals surface area contributed by atoms with E-state index in [1.807, 2.05) is 13.8 Å². The maximum Gasteiger partial charge on any atom is 0.306 e. The quantitative estimate of drug-likeness (QED) is 0.545. The first-order chi connectivity index (χ1) is 6.04. The van der Waals surface area contributed by atoms with Crippen molar-refractivity contribution in [3.8, 4) is 0 Å². The Morgan fingerprint density at radius 1 is 1.54 bits per heavy atom. The average molecular weight is 201 g/mol. The van der Waals surface area contributed by atoms with Crippen LogP contribution >= 0.6 is 11.6 Å². The van der Waals surface area contributed by atoms with Crippen LogP contribution in [0, 0.1) is 10.1 Å². The molecular weight excluding hydrogens is 192 g/mol. The third kappa shape index (κ3) is 1.95. The molecule has 1 aromatic heterocycles. The Balaban J connectivity index is 3.26. The minimum absolute atomic E-state index is 0.132. The molecule has 0 radical (unpaired) electrons. The molecular formula is C8H9ClN2O2. The molecule has 0 bridgehead atoms. The highest BCUT2D eigenvalue weighted by Crippen LogP contribution is 2.30. The minimum Gasteiger partial charge on any atom is -0.258 e. The molecule has 0 saturated heterocycles. The van der Waals surface area contributed by atoms with Crippen LogP contribution in [0.2, 0.25) is 5.02 Å². The number of hydrogen-bond acceptors (Lipinski definition) is 3. The van der Waals surface area contributed by atoms with Gasteiger partial charge < -0.3 is 0 Å². The highest BCUT2D eigenvalue weighted by atomic mass is 35.5. The fourth-order valence-corrected chi connectivity index (χ4v) is 1.36. The van der Waals surface area contributed by atoms with Gasteiger partial charge in [-0.1, -0.05) is 25.4 Å². The normalized spacial score (nSPS) is 10.5. The van der Waals surface area contributed by atoms with E-state index in [9.17, 15) is 10.1 Å². The molecule has 0 unspecified atom stereocenters. The smallest absolute Gasteiger partial charge is 0.258 e. The molecule has 0 fully saturated rings. The number of aromatic nitrogens is 1. The van der Waals surface area contributed by atoms with Crippen molar-refractivity contribution in [2.75, 3.05) is 0 Å². The van der Waals surface area contributed by atoms with Crippen LogP contribution in [0.1, 0.15) is 25.3 Å². The fourth-order valence-electron chi connectivity index (χ4n) is 0.979. The lowest BCUT2D eigenvalue weighted by molar-refractivity contribution is -0.385. The predicted octanol–water partition coefficient (Wildman–Crippen LogP) is 2.77. The molecule has 0 aliphatic carbocycles. The van der Waals surface area contributed by atoms with Crippen molar-refractivity contribution in [1.29, 1.82) is 0 Å². The number of pyridine rings is 1. The van der Waals surface area contributed by atoms with Crippen LogP contribution in [0.4, 0.5) is 5.69 Å². The Hall–Kier alpha value is -1.16. The Labute approximate surface area is 80.7 Å². The molecule has 1 heterocycles. The van der Waals surface area contributed by atoms with Gasteiger partial charge in [-0.2, -0.15) is 0 Å². The summed E-state index contributed by atoms with van der Waals surface area (Å²) in [5, 5.41) is 10.7. The van der Waals surface area contributed by atoms with Crippen molar-refractivity contribution >= 4 is 17.3 Å². The molecule has 0 saturated carbocycles. The van der Waals surface area contributed by atoms with Crippen molar-refractivity contribution in [3.05, 3.63) is 33.1 Å². The number of nitrogens with zero attached hydrogens (tertiary/aromatic N) is 2. The maximum absolute atomic E-state index is 10.5. The van der Waals surface area contributed by atoms with Crippen LogP contribution in [-0.4, -0.2) is 9.91 Å². The monoisotopic (exact) mass is 200 g/mol. The van der Waals surface area contributed by atoms with Gasteiger partial charge >= 0.3 is 5.69 Å². The second kappa shape index (κ2) is 3.70. The number of hydrogen-bond donors (Lipinski definition) is 0. The van der Waals surface area contributed by atoms with E-state index in [-0.39, 0.29) is 16.6 Å². The summed E-state index contributed by atoms with van der Waals surface area (Å²) in [7, 11) is 0. The zero-order chi connectivity index (χ0) is 10.0. The third-order valence-corrected chi connectivity index (χ3v) is 2.12. The van der Waals surface area contributed by atoms with Crippen LogP contribution in [0.15, 0.2) is 12.4 Å². The molecule has 0 aliphatic heterocycles. The van der Waals surface area contributed by atoms with Crippen LogP contribution in [-0.2, 0) is 0 Å². The van der Waals surface area contributed by atoms with Gasteiger partial charge in [0.2, 0.25) is 0 Å². The molecule has 4 nitrogen and oxygen atoms in total. The van der Waals surface area contributed by atoms with Crippen molar-refractivity contribution in [2.24, 2.45) is 0 Å². The molecule has 0 amide bonds. The Morgan fingerprint density at radius 2 is 2.15 bits per heavy atom. The summed E-state index contributed by atoms with van der Waals surface area (Å²) in [6.07, 6.45) is 2.72.